The Bertz CT molecular complexity index is 1640. The molecule has 6 aromatic rings. The normalized spacial score (nSPS) is 11.6. The molecule has 0 saturated heterocycles. The van der Waals surface area contributed by atoms with Crippen molar-refractivity contribution in [3.05, 3.63) is 88.1 Å². The minimum atomic E-state index is 0.570. The Morgan fingerprint density at radius 2 is 1.82 bits per heavy atom. The van der Waals surface area contributed by atoms with Crippen molar-refractivity contribution in [1.29, 1.82) is 0 Å². The highest BCUT2D eigenvalue weighted by molar-refractivity contribution is 6.35. The van der Waals surface area contributed by atoms with E-state index < -0.39 is 0 Å². The Labute approximate surface area is 198 Å². The van der Waals surface area contributed by atoms with Crippen LogP contribution in [0.3, 0.4) is 0 Å². The molecule has 7 nitrogen and oxygen atoms in total. The first-order chi connectivity index (χ1) is 16.1. The Morgan fingerprint density at radius 3 is 2.76 bits per heavy atom. The summed E-state index contributed by atoms with van der Waals surface area (Å²) in [5.74, 6) is 0.767. The number of H-pyrrole nitrogens is 2. The second-order valence-corrected chi connectivity index (χ2v) is 8.72. The van der Waals surface area contributed by atoms with Gasteiger partial charge in [-0.1, -0.05) is 29.3 Å². The van der Waals surface area contributed by atoms with Crippen molar-refractivity contribution < 1.29 is 0 Å². The predicted octanol–water partition coefficient (Wildman–Crippen LogP) is 5.89. The quantitative estimate of drug-likeness (QED) is 0.290. The number of aromatic nitrogens is 6. The van der Waals surface area contributed by atoms with Crippen LogP contribution in [-0.4, -0.2) is 30.1 Å². The van der Waals surface area contributed by atoms with E-state index in [1.54, 1.807) is 12.4 Å². The van der Waals surface area contributed by atoms with Gasteiger partial charge in [-0.25, -0.2) is 4.98 Å². The van der Waals surface area contributed by atoms with E-state index in [1.165, 1.54) is 0 Å². The van der Waals surface area contributed by atoms with E-state index in [-0.39, 0.29) is 0 Å². The molecule has 0 unspecified atom stereocenters. The Kier molecular flexibility index (Phi) is 4.86. The number of anilines is 1. The molecule has 5 aromatic heterocycles. The monoisotopic (exact) mass is 473 g/mol. The van der Waals surface area contributed by atoms with Crippen LogP contribution in [0.1, 0.15) is 16.8 Å². The summed E-state index contributed by atoms with van der Waals surface area (Å²) < 4.78 is 0. The first-order valence-corrected chi connectivity index (χ1v) is 11.1. The van der Waals surface area contributed by atoms with Crippen LogP contribution in [-0.2, 0) is 13.0 Å². The molecule has 5 heterocycles. The molecule has 162 valence electrons. The molecule has 0 fully saturated rings. The molecule has 3 N–H and O–H groups in total. The molecule has 0 spiro atoms. The summed E-state index contributed by atoms with van der Waals surface area (Å²) in [6.07, 6.45) is 7.73. The molecule has 0 aliphatic rings. The van der Waals surface area contributed by atoms with Crippen LogP contribution in [0.5, 0.6) is 0 Å². The molecular weight excluding hydrogens is 457 g/mol. The molecule has 0 bridgehead atoms. The largest absolute Gasteiger partial charge is 0.364 e. The van der Waals surface area contributed by atoms with Gasteiger partial charge in [-0.05, 0) is 41.5 Å². The number of pyridine rings is 3. The standard InChI is InChI=1S/C24H17Cl2N7/c25-16-6-15-3-13(1-2-21(15)28-10-16)4-17-7-19-22(12-27-17)32-33-24(19)30-9-14-5-18-20(26)11-31-23(18)29-8-14/h1-3,5-8,10-12H,4,9H2,(H,29,31)(H2,30,32,33). The molecule has 1 aromatic carbocycles. The molecule has 0 saturated carbocycles. The molecule has 0 aliphatic carbocycles. The van der Waals surface area contributed by atoms with Gasteiger partial charge in [0, 0.05) is 53.4 Å². The van der Waals surface area contributed by atoms with Crippen molar-refractivity contribution in [1.82, 2.24) is 30.1 Å². The Hall–Kier alpha value is -3.68. The third kappa shape index (κ3) is 3.86. The maximum atomic E-state index is 6.22. The number of nitrogens with one attached hydrogen (secondary N) is 3. The Balaban J connectivity index is 1.25. The van der Waals surface area contributed by atoms with E-state index in [1.807, 2.05) is 30.6 Å². The van der Waals surface area contributed by atoms with E-state index in [2.05, 4.69) is 53.6 Å². The van der Waals surface area contributed by atoms with Gasteiger partial charge in [0.05, 0.1) is 27.3 Å². The summed E-state index contributed by atoms with van der Waals surface area (Å²) in [5, 5.41) is 15.1. The van der Waals surface area contributed by atoms with Crippen molar-refractivity contribution in [2.24, 2.45) is 0 Å². The fraction of sp³-hybridized carbons (Fsp3) is 0.0833. The number of hydrogen-bond acceptors (Lipinski definition) is 5. The van der Waals surface area contributed by atoms with Gasteiger partial charge < -0.3 is 10.3 Å². The van der Waals surface area contributed by atoms with Gasteiger partial charge in [0.25, 0.3) is 0 Å². The lowest BCUT2D eigenvalue weighted by Crippen LogP contribution is -2.01. The number of nitrogens with zero attached hydrogens (tertiary/aromatic N) is 4. The zero-order valence-corrected chi connectivity index (χ0v) is 18.7. The lowest BCUT2D eigenvalue weighted by molar-refractivity contribution is 1.05. The van der Waals surface area contributed by atoms with Crippen LogP contribution >= 0.6 is 23.2 Å². The lowest BCUT2D eigenvalue weighted by atomic mass is 10.1. The summed E-state index contributed by atoms with van der Waals surface area (Å²) in [4.78, 5) is 16.4. The third-order valence-electron chi connectivity index (χ3n) is 5.60. The van der Waals surface area contributed by atoms with Gasteiger partial charge in [0.15, 0.2) is 5.82 Å². The summed E-state index contributed by atoms with van der Waals surface area (Å²) in [6.45, 7) is 0.570. The van der Waals surface area contributed by atoms with Crippen molar-refractivity contribution in [3.8, 4) is 0 Å². The highest BCUT2D eigenvalue weighted by atomic mass is 35.5. The van der Waals surface area contributed by atoms with E-state index in [0.717, 1.165) is 55.5 Å². The molecule has 0 atom stereocenters. The number of rotatable bonds is 5. The lowest BCUT2D eigenvalue weighted by Gasteiger charge is -2.06. The molecule has 33 heavy (non-hydrogen) atoms. The molecular formula is C24H17Cl2N7. The smallest absolute Gasteiger partial charge is 0.156 e. The van der Waals surface area contributed by atoms with Crippen LogP contribution in [0.4, 0.5) is 5.82 Å². The minimum absolute atomic E-state index is 0.570. The molecule has 9 heteroatoms. The number of fused-ring (bicyclic) bond motifs is 3. The Morgan fingerprint density at radius 1 is 0.879 bits per heavy atom. The van der Waals surface area contributed by atoms with Gasteiger partial charge in [-0.3, -0.25) is 15.1 Å². The number of aromatic amines is 2. The number of hydrogen-bond donors (Lipinski definition) is 3. The van der Waals surface area contributed by atoms with Crippen LogP contribution in [0.25, 0.3) is 32.8 Å². The first kappa shape index (κ1) is 20.0. The maximum Gasteiger partial charge on any atom is 0.156 e. The maximum absolute atomic E-state index is 6.22. The van der Waals surface area contributed by atoms with E-state index in [0.29, 0.717) is 23.0 Å². The van der Waals surface area contributed by atoms with E-state index in [9.17, 15) is 0 Å². The van der Waals surface area contributed by atoms with Crippen LogP contribution in [0.2, 0.25) is 10.0 Å². The first-order valence-electron chi connectivity index (χ1n) is 10.3. The summed E-state index contributed by atoms with van der Waals surface area (Å²) in [6, 6.07) is 12.2. The van der Waals surface area contributed by atoms with Crippen LogP contribution < -0.4 is 5.32 Å². The summed E-state index contributed by atoms with van der Waals surface area (Å²) in [5.41, 5.74) is 5.66. The van der Waals surface area contributed by atoms with Gasteiger partial charge in [0.1, 0.15) is 5.65 Å². The van der Waals surface area contributed by atoms with Gasteiger partial charge in [0.2, 0.25) is 0 Å². The number of benzene rings is 1. The minimum Gasteiger partial charge on any atom is -0.364 e. The van der Waals surface area contributed by atoms with Gasteiger partial charge in [-0.15, -0.1) is 0 Å². The molecule has 0 amide bonds. The highest BCUT2D eigenvalue weighted by Gasteiger charge is 2.10. The second-order valence-electron chi connectivity index (χ2n) is 7.88. The van der Waals surface area contributed by atoms with Crippen LogP contribution in [0, 0.1) is 0 Å². The van der Waals surface area contributed by atoms with E-state index >= 15 is 0 Å². The zero-order valence-electron chi connectivity index (χ0n) is 17.2. The topological polar surface area (TPSA) is 95.2 Å². The predicted molar refractivity (Wildman–Crippen MR) is 132 cm³/mol. The second kappa shape index (κ2) is 8.03. The summed E-state index contributed by atoms with van der Waals surface area (Å²) in [7, 11) is 0. The van der Waals surface area contributed by atoms with Gasteiger partial charge >= 0.3 is 0 Å². The average molecular weight is 474 g/mol. The SMILES string of the molecule is Clc1cnc2ccc(Cc3cc4c(NCc5cnc6[nH]cc(Cl)c6c5)n[nH]c4cn3)cc2c1. The van der Waals surface area contributed by atoms with Crippen molar-refractivity contribution in [2.75, 3.05) is 5.32 Å². The summed E-state index contributed by atoms with van der Waals surface area (Å²) >= 11 is 12.3. The average Bonchev–Trinajstić information content (AvgIpc) is 3.40. The molecule has 6 rings (SSSR count). The number of halogens is 2. The van der Waals surface area contributed by atoms with Crippen LogP contribution in [0.15, 0.2) is 61.2 Å². The molecule has 0 radical (unpaired) electrons. The van der Waals surface area contributed by atoms with Crippen molar-refractivity contribution in [2.45, 2.75) is 13.0 Å². The van der Waals surface area contributed by atoms with Crippen molar-refractivity contribution >= 4 is 61.9 Å². The van der Waals surface area contributed by atoms with E-state index in [4.69, 9.17) is 23.2 Å². The molecule has 0 aliphatic heterocycles. The zero-order chi connectivity index (χ0) is 22.4. The highest BCUT2D eigenvalue weighted by Crippen LogP contribution is 2.25. The van der Waals surface area contributed by atoms with Gasteiger partial charge in [-0.2, -0.15) is 5.10 Å². The fourth-order valence-electron chi connectivity index (χ4n) is 3.96. The van der Waals surface area contributed by atoms with Crippen molar-refractivity contribution in [3.63, 3.8) is 0 Å². The fourth-order valence-corrected chi connectivity index (χ4v) is 4.33. The third-order valence-corrected chi connectivity index (χ3v) is 6.12.